The van der Waals surface area contributed by atoms with Gasteiger partial charge in [0.15, 0.2) is 6.04 Å². The molecule has 3 nitrogen and oxygen atoms in total. The van der Waals surface area contributed by atoms with Crippen LogP contribution in [0.3, 0.4) is 0 Å². The molecule has 0 rings (SSSR count). The van der Waals surface area contributed by atoms with Gasteiger partial charge in [-0.15, -0.1) is 4.91 Å². The molecule has 3 heteroatoms. The van der Waals surface area contributed by atoms with Crippen molar-refractivity contribution in [3.8, 4) is 6.07 Å². The fraction of sp³-hybridized carbons (Fsp3) is 0.444. The van der Waals surface area contributed by atoms with E-state index in [1.54, 1.807) is 12.2 Å². The smallest absolute Gasteiger partial charge is 0.195 e. The first kappa shape index (κ1) is 10.6. The molecule has 12 heavy (non-hydrogen) atoms. The van der Waals surface area contributed by atoms with Gasteiger partial charge in [0.25, 0.3) is 0 Å². The summed E-state index contributed by atoms with van der Waals surface area (Å²) in [6.07, 6.45) is 6.08. The zero-order chi connectivity index (χ0) is 9.40. The Labute approximate surface area is 72.4 Å². The second-order valence-corrected chi connectivity index (χ2v) is 2.26. The summed E-state index contributed by atoms with van der Waals surface area (Å²) in [7, 11) is 0. The summed E-state index contributed by atoms with van der Waals surface area (Å²) in [4.78, 5) is 10.2. The second-order valence-electron chi connectivity index (χ2n) is 2.26. The van der Waals surface area contributed by atoms with Crippen LogP contribution in [0.5, 0.6) is 0 Å². The number of allylic oxidation sites excluding steroid dienone is 3. The van der Waals surface area contributed by atoms with Crippen LogP contribution in [-0.4, -0.2) is 6.04 Å². The molecule has 0 heterocycles. The summed E-state index contributed by atoms with van der Waals surface area (Å²) in [5, 5.41) is 11.2. The lowest BCUT2D eigenvalue weighted by Gasteiger charge is -2.01. The van der Waals surface area contributed by atoms with Crippen molar-refractivity contribution in [1.82, 2.24) is 0 Å². The molecular weight excluding hydrogens is 152 g/mol. The van der Waals surface area contributed by atoms with Crippen LogP contribution in [0.4, 0.5) is 0 Å². The highest BCUT2D eigenvalue weighted by Crippen LogP contribution is 2.09. The third-order valence-corrected chi connectivity index (χ3v) is 1.49. The lowest BCUT2D eigenvalue weighted by Crippen LogP contribution is -2.02. The van der Waals surface area contributed by atoms with Crippen molar-refractivity contribution >= 4 is 0 Å². The highest BCUT2D eigenvalue weighted by Gasteiger charge is 2.10. The van der Waals surface area contributed by atoms with E-state index < -0.39 is 6.04 Å². The average Bonchev–Trinajstić information content (AvgIpc) is 2.12. The van der Waals surface area contributed by atoms with Crippen molar-refractivity contribution in [1.29, 1.82) is 5.26 Å². The van der Waals surface area contributed by atoms with E-state index in [0.29, 0.717) is 6.42 Å². The first-order valence-corrected chi connectivity index (χ1v) is 3.84. The zero-order valence-electron chi connectivity index (χ0n) is 7.32. The molecule has 0 fully saturated rings. The number of hydrogen-bond donors (Lipinski definition) is 0. The summed E-state index contributed by atoms with van der Waals surface area (Å²) in [5.41, 5.74) is 0.755. The normalized spacial score (nSPS) is 14.2. The standard InChI is InChI=1S/C9H12N2O/c1-3-5-6-8(4-2)9(7-10)11-12/h3,5-6,9H,4H2,1-2H3/b5-3-,8-6+. The number of rotatable bonds is 4. The van der Waals surface area contributed by atoms with Crippen molar-refractivity contribution < 1.29 is 0 Å². The molecule has 0 aliphatic carbocycles. The molecule has 64 valence electrons. The fourth-order valence-corrected chi connectivity index (χ4v) is 0.796. The molecule has 0 aromatic rings. The van der Waals surface area contributed by atoms with E-state index in [9.17, 15) is 4.91 Å². The molecule has 1 unspecified atom stereocenters. The summed E-state index contributed by atoms with van der Waals surface area (Å²) < 4.78 is 0. The van der Waals surface area contributed by atoms with Gasteiger partial charge in [-0.05, 0) is 24.1 Å². The van der Waals surface area contributed by atoms with Crippen LogP contribution >= 0.6 is 0 Å². The van der Waals surface area contributed by atoms with Crippen molar-refractivity contribution in [3.05, 3.63) is 28.7 Å². The van der Waals surface area contributed by atoms with Gasteiger partial charge < -0.3 is 0 Å². The van der Waals surface area contributed by atoms with E-state index in [2.05, 4.69) is 5.18 Å². The number of nitriles is 1. The van der Waals surface area contributed by atoms with E-state index >= 15 is 0 Å². The Morgan fingerprint density at radius 3 is 2.75 bits per heavy atom. The molecule has 0 aromatic carbocycles. The van der Waals surface area contributed by atoms with E-state index in [1.807, 2.05) is 26.0 Å². The molecule has 0 amide bonds. The lowest BCUT2D eigenvalue weighted by atomic mass is 10.1. The molecule has 0 aliphatic rings. The topological polar surface area (TPSA) is 53.2 Å². The third-order valence-electron chi connectivity index (χ3n) is 1.49. The molecule has 0 bridgehead atoms. The highest BCUT2D eigenvalue weighted by atomic mass is 16.3. The van der Waals surface area contributed by atoms with Crippen LogP contribution in [0, 0.1) is 16.2 Å². The quantitative estimate of drug-likeness (QED) is 0.473. The van der Waals surface area contributed by atoms with Gasteiger partial charge in [0.1, 0.15) is 0 Å². The number of hydrogen-bond acceptors (Lipinski definition) is 3. The Hall–Kier alpha value is -1.43. The Morgan fingerprint density at radius 1 is 1.75 bits per heavy atom. The summed E-state index contributed by atoms with van der Waals surface area (Å²) in [5.74, 6) is 0. The molecule has 0 saturated carbocycles. The molecule has 0 radical (unpaired) electrons. The summed E-state index contributed by atoms with van der Waals surface area (Å²) >= 11 is 0. The Bertz CT molecular complexity index is 235. The van der Waals surface area contributed by atoms with E-state index in [4.69, 9.17) is 5.26 Å². The van der Waals surface area contributed by atoms with Gasteiger partial charge in [0.05, 0.1) is 6.07 Å². The van der Waals surface area contributed by atoms with Crippen molar-refractivity contribution in [2.45, 2.75) is 26.3 Å². The predicted octanol–water partition coefficient (Wildman–Crippen LogP) is 2.56. The van der Waals surface area contributed by atoms with Gasteiger partial charge >= 0.3 is 0 Å². The summed E-state index contributed by atoms with van der Waals surface area (Å²) in [6.45, 7) is 3.77. The zero-order valence-corrected chi connectivity index (χ0v) is 7.32. The monoisotopic (exact) mass is 164 g/mol. The minimum absolute atomic E-state index is 0.675. The number of nitroso groups, excluding NO2 is 1. The van der Waals surface area contributed by atoms with Crippen LogP contribution in [0.2, 0.25) is 0 Å². The Balaban J connectivity index is 4.53. The maximum absolute atomic E-state index is 10.2. The maximum Gasteiger partial charge on any atom is 0.199 e. The number of nitrogens with zero attached hydrogens (tertiary/aromatic N) is 2. The molecule has 0 N–H and O–H groups in total. The van der Waals surface area contributed by atoms with Crippen molar-refractivity contribution in [3.63, 3.8) is 0 Å². The largest absolute Gasteiger partial charge is 0.199 e. The first-order chi connectivity index (χ1) is 5.79. The highest BCUT2D eigenvalue weighted by molar-refractivity contribution is 5.23. The van der Waals surface area contributed by atoms with Crippen LogP contribution in [0.1, 0.15) is 20.3 Å². The molecule has 0 spiro atoms. The van der Waals surface area contributed by atoms with E-state index in [1.165, 1.54) is 0 Å². The minimum Gasteiger partial charge on any atom is -0.195 e. The minimum atomic E-state index is -0.828. The van der Waals surface area contributed by atoms with E-state index in [0.717, 1.165) is 5.57 Å². The van der Waals surface area contributed by atoms with Gasteiger partial charge in [0.2, 0.25) is 0 Å². The lowest BCUT2D eigenvalue weighted by molar-refractivity contribution is 0.887. The van der Waals surface area contributed by atoms with Crippen molar-refractivity contribution in [2.24, 2.45) is 5.18 Å². The van der Waals surface area contributed by atoms with Crippen molar-refractivity contribution in [2.75, 3.05) is 0 Å². The molecule has 0 aliphatic heterocycles. The van der Waals surface area contributed by atoms with Gasteiger partial charge in [-0.25, -0.2) is 0 Å². The molecule has 0 saturated heterocycles. The second kappa shape index (κ2) is 6.29. The van der Waals surface area contributed by atoms with Crippen LogP contribution in [0.15, 0.2) is 29.0 Å². The van der Waals surface area contributed by atoms with Gasteiger partial charge in [-0.1, -0.05) is 25.2 Å². The molecule has 0 aromatic heterocycles. The Kier molecular flexibility index (Phi) is 5.54. The maximum atomic E-state index is 10.2. The molecular formula is C9H12N2O. The fourth-order valence-electron chi connectivity index (χ4n) is 0.796. The SMILES string of the molecule is C/C=C\C=C(/CC)C(C#N)N=O. The first-order valence-electron chi connectivity index (χ1n) is 3.84. The van der Waals surface area contributed by atoms with Crippen LogP contribution < -0.4 is 0 Å². The molecule has 1 atom stereocenters. The predicted molar refractivity (Wildman–Crippen MR) is 48.4 cm³/mol. The van der Waals surface area contributed by atoms with Gasteiger partial charge in [-0.2, -0.15) is 5.26 Å². The van der Waals surface area contributed by atoms with Crippen LogP contribution in [0.25, 0.3) is 0 Å². The van der Waals surface area contributed by atoms with Gasteiger partial charge in [0, 0.05) is 0 Å². The average molecular weight is 164 g/mol. The van der Waals surface area contributed by atoms with Crippen LogP contribution in [-0.2, 0) is 0 Å². The third kappa shape index (κ3) is 3.11. The van der Waals surface area contributed by atoms with Gasteiger partial charge in [-0.3, -0.25) is 0 Å². The van der Waals surface area contributed by atoms with E-state index in [-0.39, 0.29) is 0 Å². The summed E-state index contributed by atoms with van der Waals surface area (Å²) in [6, 6.07) is 1.00. The Morgan fingerprint density at radius 2 is 2.42 bits per heavy atom.